The Kier molecular flexibility index (Phi) is 7.22. The van der Waals surface area contributed by atoms with Gasteiger partial charge < -0.3 is 23.5 Å². The van der Waals surface area contributed by atoms with Crippen molar-refractivity contribution in [3.05, 3.63) is 35.5 Å². The maximum atomic E-state index is 12.1. The molecule has 0 aliphatic rings. The lowest BCUT2D eigenvalue weighted by Crippen LogP contribution is -2.06. The van der Waals surface area contributed by atoms with Crippen LogP contribution >= 0.6 is 0 Å². The van der Waals surface area contributed by atoms with Gasteiger partial charge in [-0.3, -0.25) is 0 Å². The van der Waals surface area contributed by atoms with E-state index in [0.29, 0.717) is 35.1 Å². The van der Waals surface area contributed by atoms with Crippen LogP contribution in [-0.4, -0.2) is 37.4 Å². The molecule has 0 amide bonds. The van der Waals surface area contributed by atoms with Crippen LogP contribution in [0.1, 0.15) is 43.7 Å². The van der Waals surface area contributed by atoms with E-state index in [1.165, 1.54) is 27.4 Å². The van der Waals surface area contributed by atoms with E-state index in [9.17, 15) is 4.79 Å². The third kappa shape index (κ3) is 5.22. The Bertz CT molecular complexity index is 799. The summed E-state index contributed by atoms with van der Waals surface area (Å²) in [5, 5.41) is 3.85. The smallest absolute Gasteiger partial charge is 0.331 e. The first kappa shape index (κ1) is 20.3. The van der Waals surface area contributed by atoms with E-state index in [0.717, 1.165) is 6.42 Å². The normalized spacial score (nSPS) is 12.0. The maximum absolute atomic E-state index is 12.1. The summed E-state index contributed by atoms with van der Waals surface area (Å²) in [7, 11) is 4.60. The Morgan fingerprint density at radius 2 is 1.81 bits per heavy atom. The average Bonchev–Trinajstić information content (AvgIpc) is 3.14. The molecule has 0 fully saturated rings. The SMILES string of the molecule is CCCc1noc(C(C)OC(=O)/C=C/c2cc(OC)c(OC)cc2OC)n1. The molecule has 146 valence electrons. The van der Waals surface area contributed by atoms with E-state index in [1.807, 2.05) is 6.92 Å². The minimum absolute atomic E-state index is 0.267. The van der Waals surface area contributed by atoms with Gasteiger partial charge in [0.25, 0.3) is 5.89 Å². The molecule has 0 saturated heterocycles. The monoisotopic (exact) mass is 376 g/mol. The number of hydrogen-bond donors (Lipinski definition) is 0. The van der Waals surface area contributed by atoms with Gasteiger partial charge in [-0.2, -0.15) is 4.98 Å². The topological polar surface area (TPSA) is 92.9 Å². The summed E-state index contributed by atoms with van der Waals surface area (Å²) in [6.45, 7) is 3.69. The van der Waals surface area contributed by atoms with Gasteiger partial charge in [0, 0.05) is 24.1 Å². The third-order valence-electron chi connectivity index (χ3n) is 3.73. The predicted molar refractivity (Wildman–Crippen MR) is 97.9 cm³/mol. The van der Waals surface area contributed by atoms with Gasteiger partial charge in [0.2, 0.25) is 0 Å². The second-order valence-corrected chi connectivity index (χ2v) is 5.66. The fourth-order valence-corrected chi connectivity index (χ4v) is 2.36. The lowest BCUT2D eigenvalue weighted by molar-refractivity contribution is -0.143. The number of rotatable bonds is 9. The molecule has 0 aliphatic heterocycles. The summed E-state index contributed by atoms with van der Waals surface area (Å²) >= 11 is 0. The summed E-state index contributed by atoms with van der Waals surface area (Å²) in [5.41, 5.74) is 0.641. The molecule has 8 nitrogen and oxygen atoms in total. The number of benzene rings is 1. The van der Waals surface area contributed by atoms with Crippen molar-refractivity contribution < 1.29 is 28.3 Å². The van der Waals surface area contributed by atoms with Gasteiger partial charge >= 0.3 is 5.97 Å². The lowest BCUT2D eigenvalue weighted by atomic mass is 10.1. The highest BCUT2D eigenvalue weighted by molar-refractivity contribution is 5.88. The predicted octanol–water partition coefficient (Wildman–Crippen LogP) is 3.37. The zero-order chi connectivity index (χ0) is 19.8. The van der Waals surface area contributed by atoms with Crippen LogP contribution in [0.4, 0.5) is 0 Å². The fourth-order valence-electron chi connectivity index (χ4n) is 2.36. The molecule has 2 rings (SSSR count). The molecule has 8 heteroatoms. The van der Waals surface area contributed by atoms with Crippen LogP contribution in [0.5, 0.6) is 17.2 Å². The molecule has 0 spiro atoms. The molecule has 1 aromatic carbocycles. The fraction of sp³-hybridized carbons (Fsp3) is 0.421. The lowest BCUT2D eigenvalue weighted by Gasteiger charge is -2.12. The van der Waals surface area contributed by atoms with Crippen molar-refractivity contribution in [3.8, 4) is 17.2 Å². The highest BCUT2D eigenvalue weighted by Crippen LogP contribution is 2.35. The Balaban J connectivity index is 2.09. The number of aryl methyl sites for hydroxylation is 1. The summed E-state index contributed by atoms with van der Waals surface area (Å²) < 4.78 is 26.3. The van der Waals surface area contributed by atoms with Crippen LogP contribution in [-0.2, 0) is 16.0 Å². The summed E-state index contributed by atoms with van der Waals surface area (Å²) in [6.07, 6.45) is 3.84. The molecule has 0 bridgehead atoms. The first-order valence-electron chi connectivity index (χ1n) is 8.53. The molecule has 0 N–H and O–H groups in total. The van der Waals surface area contributed by atoms with Gasteiger partial charge in [-0.05, 0) is 25.5 Å². The van der Waals surface area contributed by atoms with Gasteiger partial charge in [0.1, 0.15) is 5.75 Å². The molecule has 1 aromatic heterocycles. The molecule has 0 aliphatic carbocycles. The summed E-state index contributed by atoms with van der Waals surface area (Å²) in [5.74, 6) is 1.90. The Labute approximate surface area is 158 Å². The summed E-state index contributed by atoms with van der Waals surface area (Å²) in [6, 6.07) is 3.39. The van der Waals surface area contributed by atoms with Crippen molar-refractivity contribution >= 4 is 12.0 Å². The Morgan fingerprint density at radius 3 is 2.44 bits per heavy atom. The number of ether oxygens (including phenoxy) is 4. The van der Waals surface area contributed by atoms with E-state index in [1.54, 1.807) is 25.1 Å². The van der Waals surface area contributed by atoms with E-state index in [2.05, 4.69) is 10.1 Å². The minimum atomic E-state index is -0.646. The molecule has 1 heterocycles. The molecule has 2 aromatic rings. The number of esters is 1. The Hall–Kier alpha value is -3.03. The van der Waals surface area contributed by atoms with Crippen molar-refractivity contribution in [1.29, 1.82) is 0 Å². The largest absolute Gasteiger partial charge is 0.496 e. The molecule has 27 heavy (non-hydrogen) atoms. The van der Waals surface area contributed by atoms with Crippen LogP contribution in [0.15, 0.2) is 22.7 Å². The van der Waals surface area contributed by atoms with Crippen LogP contribution in [0.3, 0.4) is 0 Å². The van der Waals surface area contributed by atoms with Crippen molar-refractivity contribution in [2.24, 2.45) is 0 Å². The molecular weight excluding hydrogens is 352 g/mol. The van der Waals surface area contributed by atoms with Gasteiger partial charge in [-0.15, -0.1) is 0 Å². The van der Waals surface area contributed by atoms with Crippen LogP contribution < -0.4 is 14.2 Å². The van der Waals surface area contributed by atoms with E-state index >= 15 is 0 Å². The van der Waals surface area contributed by atoms with Gasteiger partial charge in [0.15, 0.2) is 23.4 Å². The number of hydrogen-bond acceptors (Lipinski definition) is 8. The number of methoxy groups -OCH3 is 3. The maximum Gasteiger partial charge on any atom is 0.331 e. The third-order valence-corrected chi connectivity index (χ3v) is 3.73. The zero-order valence-electron chi connectivity index (χ0n) is 16.1. The second kappa shape index (κ2) is 9.61. The van der Waals surface area contributed by atoms with Crippen molar-refractivity contribution in [2.75, 3.05) is 21.3 Å². The highest BCUT2D eigenvalue weighted by atomic mass is 16.6. The van der Waals surface area contributed by atoms with Crippen LogP contribution in [0, 0.1) is 0 Å². The van der Waals surface area contributed by atoms with Crippen molar-refractivity contribution in [1.82, 2.24) is 10.1 Å². The van der Waals surface area contributed by atoms with Gasteiger partial charge in [-0.25, -0.2) is 4.79 Å². The Morgan fingerprint density at radius 1 is 1.15 bits per heavy atom. The van der Waals surface area contributed by atoms with Crippen molar-refractivity contribution in [3.63, 3.8) is 0 Å². The highest BCUT2D eigenvalue weighted by Gasteiger charge is 2.17. The first-order valence-corrected chi connectivity index (χ1v) is 8.53. The van der Waals surface area contributed by atoms with Gasteiger partial charge in [-0.1, -0.05) is 12.1 Å². The van der Waals surface area contributed by atoms with Crippen molar-refractivity contribution in [2.45, 2.75) is 32.8 Å². The number of carbonyl (C=O) groups excluding carboxylic acids is 1. The van der Waals surface area contributed by atoms with Gasteiger partial charge in [0.05, 0.1) is 21.3 Å². The quantitative estimate of drug-likeness (QED) is 0.486. The molecular formula is C19H24N2O6. The summed E-state index contributed by atoms with van der Waals surface area (Å²) in [4.78, 5) is 16.3. The zero-order valence-corrected chi connectivity index (χ0v) is 16.1. The number of nitrogens with zero attached hydrogens (tertiary/aromatic N) is 2. The number of aromatic nitrogens is 2. The first-order chi connectivity index (χ1) is 13.0. The average molecular weight is 376 g/mol. The molecule has 1 unspecified atom stereocenters. The van der Waals surface area contributed by atoms with E-state index < -0.39 is 12.1 Å². The second-order valence-electron chi connectivity index (χ2n) is 5.66. The van der Waals surface area contributed by atoms with Crippen LogP contribution in [0.2, 0.25) is 0 Å². The molecule has 0 radical (unpaired) electrons. The number of carbonyl (C=O) groups is 1. The minimum Gasteiger partial charge on any atom is -0.496 e. The van der Waals surface area contributed by atoms with Crippen LogP contribution in [0.25, 0.3) is 6.08 Å². The standard InChI is InChI=1S/C19H24N2O6/c1-6-7-17-20-19(27-21-17)12(2)26-18(22)9-8-13-10-15(24-4)16(25-5)11-14(13)23-3/h8-12H,6-7H2,1-5H3/b9-8+. The van der Waals surface area contributed by atoms with E-state index in [4.69, 9.17) is 23.5 Å². The molecule has 0 saturated carbocycles. The molecule has 1 atom stereocenters. The van der Waals surface area contributed by atoms with E-state index in [-0.39, 0.29) is 5.89 Å².